The van der Waals surface area contributed by atoms with Gasteiger partial charge in [0, 0.05) is 24.1 Å². The third-order valence-corrected chi connectivity index (χ3v) is 5.06. The van der Waals surface area contributed by atoms with E-state index in [9.17, 15) is 14.3 Å². The lowest BCUT2D eigenvalue weighted by Crippen LogP contribution is -2.17. The highest BCUT2D eigenvalue weighted by molar-refractivity contribution is 6.30. The molecule has 0 aliphatic heterocycles. The molecule has 6 heteroatoms. The van der Waals surface area contributed by atoms with Crippen LogP contribution in [0.2, 0.25) is 5.02 Å². The molecule has 0 saturated carbocycles. The van der Waals surface area contributed by atoms with Crippen molar-refractivity contribution in [3.8, 4) is 5.75 Å². The van der Waals surface area contributed by atoms with Crippen LogP contribution in [0.1, 0.15) is 30.5 Å². The van der Waals surface area contributed by atoms with Gasteiger partial charge in [-0.3, -0.25) is 4.79 Å². The largest absolute Gasteiger partial charge is 0.495 e. The van der Waals surface area contributed by atoms with Gasteiger partial charge in [-0.15, -0.1) is 0 Å². The molecule has 0 fully saturated rings. The lowest BCUT2D eigenvalue weighted by molar-refractivity contribution is 0.226. The molecule has 27 heavy (non-hydrogen) atoms. The van der Waals surface area contributed by atoms with Crippen LogP contribution in [0, 0.1) is 5.82 Å². The topological polar surface area (TPSA) is 51.5 Å². The molecule has 1 aromatic heterocycles. The maximum atomic E-state index is 14.3. The molecule has 3 aromatic rings. The zero-order chi connectivity index (χ0) is 19.6. The monoisotopic (exact) mass is 389 g/mol. The Morgan fingerprint density at radius 3 is 2.74 bits per heavy atom. The van der Waals surface area contributed by atoms with Crippen LogP contribution in [0.15, 0.2) is 47.4 Å². The minimum Gasteiger partial charge on any atom is -0.495 e. The molecule has 1 heterocycles. The molecule has 0 amide bonds. The Labute approximate surface area is 161 Å². The Kier molecular flexibility index (Phi) is 5.82. The summed E-state index contributed by atoms with van der Waals surface area (Å²) < 4.78 is 21.7. The van der Waals surface area contributed by atoms with Gasteiger partial charge in [-0.25, -0.2) is 4.39 Å². The zero-order valence-electron chi connectivity index (χ0n) is 15.2. The number of aliphatic hydroxyl groups excluding tert-OH is 1. The van der Waals surface area contributed by atoms with Crippen molar-refractivity contribution >= 4 is 22.5 Å². The van der Waals surface area contributed by atoms with Gasteiger partial charge in [0.05, 0.1) is 30.3 Å². The first-order valence-electron chi connectivity index (χ1n) is 8.75. The first kappa shape index (κ1) is 19.4. The fourth-order valence-electron chi connectivity index (χ4n) is 3.31. The summed E-state index contributed by atoms with van der Waals surface area (Å²) in [6, 6.07) is 9.71. The number of benzene rings is 2. The van der Waals surface area contributed by atoms with Crippen molar-refractivity contribution in [3.05, 3.63) is 74.8 Å². The van der Waals surface area contributed by atoms with Gasteiger partial charge in [-0.2, -0.15) is 0 Å². The van der Waals surface area contributed by atoms with Crippen LogP contribution in [0.3, 0.4) is 0 Å². The van der Waals surface area contributed by atoms with E-state index in [0.717, 1.165) is 5.56 Å². The minimum absolute atomic E-state index is 0.0485. The smallest absolute Gasteiger partial charge is 0.189 e. The molecule has 0 bridgehead atoms. The van der Waals surface area contributed by atoms with Crippen molar-refractivity contribution in [3.63, 3.8) is 0 Å². The highest BCUT2D eigenvalue weighted by Gasteiger charge is 2.17. The van der Waals surface area contributed by atoms with E-state index < -0.39 is 5.82 Å². The van der Waals surface area contributed by atoms with Gasteiger partial charge >= 0.3 is 0 Å². The minimum atomic E-state index is -0.463. The molecule has 0 aliphatic rings. The number of halogens is 2. The molecule has 0 spiro atoms. The number of ether oxygens (including phenoxy) is 1. The highest BCUT2D eigenvalue weighted by atomic mass is 35.5. The number of pyridine rings is 1. The summed E-state index contributed by atoms with van der Waals surface area (Å²) in [7, 11) is 1.53. The summed E-state index contributed by atoms with van der Waals surface area (Å²) >= 11 is 5.87. The van der Waals surface area contributed by atoms with Crippen molar-refractivity contribution < 1.29 is 14.2 Å². The van der Waals surface area contributed by atoms with Crippen molar-refractivity contribution in [1.82, 2.24) is 4.57 Å². The molecule has 4 nitrogen and oxygen atoms in total. The fourth-order valence-corrected chi connectivity index (χ4v) is 3.51. The maximum absolute atomic E-state index is 14.3. The van der Waals surface area contributed by atoms with Crippen LogP contribution >= 0.6 is 11.6 Å². The van der Waals surface area contributed by atoms with Crippen molar-refractivity contribution in [2.45, 2.75) is 25.8 Å². The van der Waals surface area contributed by atoms with Crippen molar-refractivity contribution in [1.29, 1.82) is 0 Å². The summed E-state index contributed by atoms with van der Waals surface area (Å²) in [5, 5.41) is 10.2. The zero-order valence-corrected chi connectivity index (χ0v) is 16.0. The van der Waals surface area contributed by atoms with Crippen LogP contribution in [-0.4, -0.2) is 23.4 Å². The predicted octanol–water partition coefficient (Wildman–Crippen LogP) is 4.34. The first-order chi connectivity index (χ1) is 13.0. The van der Waals surface area contributed by atoms with E-state index >= 15 is 0 Å². The summed E-state index contributed by atoms with van der Waals surface area (Å²) in [5.74, 6) is 0.0459. The lowest BCUT2D eigenvalue weighted by Gasteiger charge is -2.21. The number of hydrogen-bond acceptors (Lipinski definition) is 3. The number of aromatic nitrogens is 1. The average Bonchev–Trinajstić information content (AvgIpc) is 2.67. The second kappa shape index (κ2) is 8.11. The summed E-state index contributed by atoms with van der Waals surface area (Å²) in [5.41, 5.74) is 1.66. The summed E-state index contributed by atoms with van der Waals surface area (Å²) in [6.45, 7) is 1.92. The van der Waals surface area contributed by atoms with Gasteiger partial charge in [0.2, 0.25) is 0 Å². The van der Waals surface area contributed by atoms with Gasteiger partial charge in [0.15, 0.2) is 5.43 Å². The number of nitrogens with zero attached hydrogens (tertiary/aromatic N) is 1. The van der Waals surface area contributed by atoms with Crippen LogP contribution in [0.25, 0.3) is 10.9 Å². The molecular formula is C21H21ClFNO3. The molecule has 0 aliphatic carbocycles. The normalized spacial score (nSPS) is 12.3. The van der Waals surface area contributed by atoms with Gasteiger partial charge in [0.1, 0.15) is 11.6 Å². The van der Waals surface area contributed by atoms with E-state index in [0.29, 0.717) is 28.6 Å². The first-order valence-corrected chi connectivity index (χ1v) is 9.13. The van der Waals surface area contributed by atoms with E-state index in [1.807, 2.05) is 11.5 Å². The van der Waals surface area contributed by atoms with Gasteiger partial charge in [-0.05, 0) is 35.7 Å². The second-order valence-electron chi connectivity index (χ2n) is 6.42. The van der Waals surface area contributed by atoms with E-state index in [1.165, 1.54) is 19.2 Å². The molecule has 0 radical (unpaired) electrons. The number of rotatable bonds is 6. The van der Waals surface area contributed by atoms with E-state index in [2.05, 4.69) is 0 Å². The van der Waals surface area contributed by atoms with E-state index in [1.54, 1.807) is 30.5 Å². The molecule has 3 rings (SSSR count). The molecular weight excluding hydrogens is 369 g/mol. The Bertz CT molecular complexity index is 1030. The third-order valence-electron chi connectivity index (χ3n) is 4.77. The average molecular weight is 390 g/mol. The fraction of sp³-hybridized carbons (Fsp3) is 0.286. The van der Waals surface area contributed by atoms with E-state index in [-0.39, 0.29) is 29.5 Å². The van der Waals surface area contributed by atoms with Gasteiger partial charge in [0.25, 0.3) is 0 Å². The maximum Gasteiger partial charge on any atom is 0.189 e. The lowest BCUT2D eigenvalue weighted by atomic mass is 10.0. The van der Waals surface area contributed by atoms with Crippen LogP contribution in [0.4, 0.5) is 4.39 Å². The quantitative estimate of drug-likeness (QED) is 0.682. The Morgan fingerprint density at radius 2 is 2.07 bits per heavy atom. The number of aliphatic hydroxyl groups is 1. The molecule has 0 unspecified atom stereocenters. The molecule has 2 aromatic carbocycles. The predicted molar refractivity (Wildman–Crippen MR) is 105 cm³/mol. The Balaban J connectivity index is 2.19. The van der Waals surface area contributed by atoms with Gasteiger partial charge in [-0.1, -0.05) is 30.7 Å². The van der Waals surface area contributed by atoms with Crippen LogP contribution in [0.5, 0.6) is 5.75 Å². The highest BCUT2D eigenvalue weighted by Crippen LogP contribution is 2.30. The van der Waals surface area contributed by atoms with E-state index in [4.69, 9.17) is 16.3 Å². The number of methoxy groups -OCH3 is 1. The molecule has 0 saturated heterocycles. The molecule has 142 valence electrons. The summed E-state index contributed by atoms with van der Waals surface area (Å²) in [4.78, 5) is 12.5. The SMILES string of the molecule is CC[C@@H](CO)n1ccc(=O)c2cc(Cc3cccc(Cl)c3F)cc(OC)c21. The Morgan fingerprint density at radius 1 is 1.30 bits per heavy atom. The molecule has 1 N–H and O–H groups in total. The van der Waals surface area contributed by atoms with Crippen LogP contribution < -0.4 is 10.2 Å². The van der Waals surface area contributed by atoms with Crippen molar-refractivity contribution in [2.75, 3.05) is 13.7 Å². The third kappa shape index (κ3) is 3.70. The number of hydrogen-bond donors (Lipinski definition) is 1. The number of fused-ring (bicyclic) bond motifs is 1. The van der Waals surface area contributed by atoms with Crippen LogP contribution in [-0.2, 0) is 6.42 Å². The standard InChI is InChI=1S/C21H21ClFNO3/c1-3-15(12-25)24-8-7-18(26)16-10-13(11-19(27-2)21(16)24)9-14-5-4-6-17(22)20(14)23/h4-8,10-11,15,25H,3,9,12H2,1-2H3/t15-/m0/s1. The molecule has 1 atom stereocenters. The second-order valence-corrected chi connectivity index (χ2v) is 6.82. The van der Waals surface area contributed by atoms with Gasteiger partial charge < -0.3 is 14.4 Å². The van der Waals surface area contributed by atoms with Crippen molar-refractivity contribution in [2.24, 2.45) is 0 Å². The summed E-state index contributed by atoms with van der Waals surface area (Å²) in [6.07, 6.45) is 2.66. The Hall–Kier alpha value is -2.37.